The molecule has 0 saturated carbocycles. The van der Waals surface area contributed by atoms with Crippen molar-refractivity contribution in [2.75, 3.05) is 25.5 Å². The van der Waals surface area contributed by atoms with Gasteiger partial charge in [0.05, 0.1) is 4.90 Å². The van der Waals surface area contributed by atoms with Crippen LogP contribution in [0.1, 0.15) is 33.6 Å². The Labute approximate surface area is 165 Å². The molecule has 0 aliphatic rings. The van der Waals surface area contributed by atoms with Crippen molar-refractivity contribution < 1.29 is 27.5 Å². The highest BCUT2D eigenvalue weighted by Gasteiger charge is 2.24. The van der Waals surface area contributed by atoms with E-state index in [1.54, 1.807) is 0 Å². The molecule has 0 unspecified atom stereocenters. The largest absolute Gasteiger partial charge is 0.455 e. The van der Waals surface area contributed by atoms with Gasteiger partial charge in [0.1, 0.15) is 6.54 Å². The third-order valence-corrected chi connectivity index (χ3v) is 5.55. The van der Waals surface area contributed by atoms with E-state index in [1.165, 1.54) is 38.2 Å². The summed E-state index contributed by atoms with van der Waals surface area (Å²) in [6.07, 6.45) is 1.72. The van der Waals surface area contributed by atoms with Crippen molar-refractivity contribution in [2.24, 2.45) is 0 Å². The number of nitrogens with zero attached hydrogens (tertiary/aromatic N) is 1. The summed E-state index contributed by atoms with van der Waals surface area (Å²) in [5.74, 6) is -1.55. The van der Waals surface area contributed by atoms with Gasteiger partial charge >= 0.3 is 5.97 Å². The summed E-state index contributed by atoms with van der Waals surface area (Å²) < 4.78 is 30.7. The number of sulfonamides is 1. The van der Waals surface area contributed by atoms with Crippen LogP contribution in [0.5, 0.6) is 0 Å². The average molecular weight is 413 g/mol. The zero-order valence-electron chi connectivity index (χ0n) is 16.5. The molecule has 2 amide bonds. The van der Waals surface area contributed by atoms with E-state index in [0.29, 0.717) is 5.69 Å². The Kier molecular flexibility index (Phi) is 9.07. The van der Waals surface area contributed by atoms with E-state index in [2.05, 4.69) is 10.6 Å². The Hall–Kier alpha value is -2.46. The van der Waals surface area contributed by atoms with Gasteiger partial charge in [0.15, 0.2) is 6.61 Å². The monoisotopic (exact) mass is 413 g/mol. The van der Waals surface area contributed by atoms with Crippen LogP contribution in [0.4, 0.5) is 5.69 Å². The molecule has 1 rings (SSSR count). The van der Waals surface area contributed by atoms with Crippen molar-refractivity contribution >= 4 is 33.5 Å². The van der Waals surface area contributed by atoms with Crippen molar-refractivity contribution in [2.45, 2.75) is 44.6 Å². The summed E-state index contributed by atoms with van der Waals surface area (Å²) in [7, 11) is -2.69. The quantitative estimate of drug-likeness (QED) is 0.554. The maximum Gasteiger partial charge on any atom is 0.321 e. The van der Waals surface area contributed by atoms with E-state index in [1.807, 2.05) is 13.8 Å². The number of carbonyl (C=O) groups is 3. The standard InChI is InChI=1S/C18H27N3O6S/c1-5-6-13(2)19-17(23)12-27-18(24)11-21(4)28(25,26)16-9-7-15(8-10-16)20-14(3)22/h7-10,13H,5-6,11-12H2,1-4H3,(H,19,23)(H,20,22)/t13-/m0/s1. The molecular formula is C18H27N3O6S. The molecule has 0 aromatic heterocycles. The summed E-state index contributed by atoms with van der Waals surface area (Å²) in [6.45, 7) is 4.18. The first-order valence-corrected chi connectivity index (χ1v) is 10.3. The highest BCUT2D eigenvalue weighted by molar-refractivity contribution is 7.89. The molecule has 0 radical (unpaired) electrons. The van der Waals surface area contributed by atoms with Crippen molar-refractivity contribution in [3.05, 3.63) is 24.3 Å². The van der Waals surface area contributed by atoms with Gasteiger partial charge in [-0.2, -0.15) is 4.31 Å². The van der Waals surface area contributed by atoms with Crippen molar-refractivity contribution in [1.29, 1.82) is 0 Å². The second-order valence-electron chi connectivity index (χ2n) is 6.38. The minimum atomic E-state index is -3.92. The van der Waals surface area contributed by atoms with Crippen LogP contribution in [-0.4, -0.2) is 56.7 Å². The molecule has 0 aliphatic carbocycles. The van der Waals surface area contributed by atoms with Crippen LogP contribution in [0.3, 0.4) is 0 Å². The summed E-state index contributed by atoms with van der Waals surface area (Å²) in [6, 6.07) is 5.51. The van der Waals surface area contributed by atoms with Gasteiger partial charge in [-0.25, -0.2) is 8.42 Å². The molecule has 0 heterocycles. The number of ether oxygens (including phenoxy) is 1. The van der Waals surface area contributed by atoms with Crippen LogP contribution in [0.25, 0.3) is 0 Å². The molecule has 0 bridgehead atoms. The zero-order chi connectivity index (χ0) is 21.3. The Bertz CT molecular complexity index is 792. The van der Waals surface area contributed by atoms with E-state index in [-0.39, 0.29) is 16.8 Å². The Morgan fingerprint density at radius 3 is 2.32 bits per heavy atom. The third kappa shape index (κ3) is 7.65. The van der Waals surface area contributed by atoms with E-state index in [9.17, 15) is 22.8 Å². The van der Waals surface area contributed by atoms with E-state index in [0.717, 1.165) is 17.1 Å². The summed E-state index contributed by atoms with van der Waals surface area (Å²) in [5.41, 5.74) is 0.455. The van der Waals surface area contributed by atoms with Crippen LogP contribution < -0.4 is 10.6 Å². The second kappa shape index (κ2) is 10.8. The maximum atomic E-state index is 12.5. The number of hydrogen-bond acceptors (Lipinski definition) is 6. The van der Waals surface area contributed by atoms with E-state index < -0.39 is 35.1 Å². The Morgan fingerprint density at radius 1 is 1.18 bits per heavy atom. The molecule has 1 aromatic carbocycles. The smallest absolute Gasteiger partial charge is 0.321 e. The molecule has 0 spiro atoms. The number of benzene rings is 1. The number of carbonyl (C=O) groups excluding carboxylic acids is 3. The average Bonchev–Trinajstić information content (AvgIpc) is 2.60. The number of anilines is 1. The van der Waals surface area contributed by atoms with Gasteiger partial charge in [-0.1, -0.05) is 13.3 Å². The van der Waals surface area contributed by atoms with Crippen LogP contribution in [0.2, 0.25) is 0 Å². The van der Waals surface area contributed by atoms with Crippen molar-refractivity contribution in [1.82, 2.24) is 9.62 Å². The molecule has 1 aromatic rings. The van der Waals surface area contributed by atoms with Gasteiger partial charge in [0.25, 0.3) is 5.91 Å². The highest BCUT2D eigenvalue weighted by Crippen LogP contribution is 2.17. The fourth-order valence-corrected chi connectivity index (χ4v) is 3.49. The molecule has 0 fully saturated rings. The lowest BCUT2D eigenvalue weighted by molar-refractivity contribution is -0.148. The van der Waals surface area contributed by atoms with Gasteiger partial charge in [0.2, 0.25) is 15.9 Å². The SMILES string of the molecule is CCC[C@H](C)NC(=O)COC(=O)CN(C)S(=O)(=O)c1ccc(NC(C)=O)cc1. The summed E-state index contributed by atoms with van der Waals surface area (Å²) in [4.78, 5) is 34.5. The van der Waals surface area contributed by atoms with Crippen molar-refractivity contribution in [3.63, 3.8) is 0 Å². The number of rotatable bonds is 10. The minimum absolute atomic E-state index is 0.0280. The lowest BCUT2D eigenvalue weighted by atomic mass is 10.2. The van der Waals surface area contributed by atoms with E-state index in [4.69, 9.17) is 4.74 Å². The van der Waals surface area contributed by atoms with Gasteiger partial charge < -0.3 is 15.4 Å². The molecule has 2 N–H and O–H groups in total. The molecule has 156 valence electrons. The topological polar surface area (TPSA) is 122 Å². The zero-order valence-corrected chi connectivity index (χ0v) is 17.3. The summed E-state index contributed by atoms with van der Waals surface area (Å²) in [5, 5.41) is 5.22. The van der Waals surface area contributed by atoms with E-state index >= 15 is 0 Å². The first-order valence-electron chi connectivity index (χ1n) is 8.85. The summed E-state index contributed by atoms with van der Waals surface area (Å²) >= 11 is 0. The lowest BCUT2D eigenvalue weighted by Crippen LogP contribution is -2.38. The molecular weight excluding hydrogens is 386 g/mol. The number of hydrogen-bond donors (Lipinski definition) is 2. The predicted octanol–water partition coefficient (Wildman–Crippen LogP) is 1.11. The fraction of sp³-hybridized carbons (Fsp3) is 0.500. The predicted molar refractivity (Wildman–Crippen MR) is 104 cm³/mol. The number of esters is 1. The first-order chi connectivity index (χ1) is 13.1. The molecule has 10 heteroatoms. The van der Waals surface area contributed by atoms with Crippen LogP contribution in [0.15, 0.2) is 29.2 Å². The van der Waals surface area contributed by atoms with Crippen molar-refractivity contribution in [3.8, 4) is 0 Å². The maximum absolute atomic E-state index is 12.5. The van der Waals surface area contributed by atoms with Crippen LogP contribution in [0, 0.1) is 0 Å². The third-order valence-electron chi connectivity index (χ3n) is 3.73. The molecule has 1 atom stereocenters. The first kappa shape index (κ1) is 23.6. The fourth-order valence-electron chi connectivity index (χ4n) is 2.37. The molecule has 0 aliphatic heterocycles. The molecule has 9 nitrogen and oxygen atoms in total. The Balaban J connectivity index is 2.60. The number of likely N-dealkylation sites (N-methyl/N-ethyl adjacent to an activating group) is 1. The molecule has 28 heavy (non-hydrogen) atoms. The van der Waals surface area contributed by atoms with Crippen LogP contribution >= 0.6 is 0 Å². The minimum Gasteiger partial charge on any atom is -0.455 e. The van der Waals surface area contributed by atoms with Gasteiger partial charge in [0, 0.05) is 25.7 Å². The molecule has 0 saturated heterocycles. The van der Waals surface area contributed by atoms with Crippen LogP contribution in [-0.2, 0) is 29.1 Å². The Morgan fingerprint density at radius 2 is 1.79 bits per heavy atom. The van der Waals surface area contributed by atoms with Gasteiger partial charge in [-0.05, 0) is 37.6 Å². The lowest BCUT2D eigenvalue weighted by Gasteiger charge is -2.17. The van der Waals surface area contributed by atoms with Gasteiger partial charge in [-0.3, -0.25) is 14.4 Å². The number of amides is 2. The number of nitrogens with one attached hydrogen (secondary N) is 2. The van der Waals surface area contributed by atoms with Gasteiger partial charge in [-0.15, -0.1) is 0 Å². The second-order valence-corrected chi connectivity index (χ2v) is 8.43. The highest BCUT2D eigenvalue weighted by atomic mass is 32.2. The normalized spacial score (nSPS) is 12.3.